The minimum absolute atomic E-state index is 0.144. The Morgan fingerprint density at radius 2 is 1.72 bits per heavy atom. The number of carbonyl (C=O) groups is 1. The summed E-state index contributed by atoms with van der Waals surface area (Å²) in [6, 6.07) is 20.1. The van der Waals surface area contributed by atoms with E-state index < -0.39 is 0 Å². The summed E-state index contributed by atoms with van der Waals surface area (Å²) in [7, 11) is 0. The average molecular weight is 484 g/mol. The Morgan fingerprint density at radius 1 is 0.889 bits per heavy atom. The van der Waals surface area contributed by atoms with E-state index >= 15 is 0 Å². The van der Waals surface area contributed by atoms with Gasteiger partial charge in [0.2, 0.25) is 5.91 Å². The number of benzene rings is 2. The molecule has 3 heterocycles. The molecule has 2 aromatic carbocycles. The van der Waals surface area contributed by atoms with Gasteiger partial charge < -0.3 is 9.80 Å². The highest BCUT2D eigenvalue weighted by molar-refractivity contribution is 5.79. The van der Waals surface area contributed by atoms with Gasteiger partial charge in [-0.25, -0.2) is 4.39 Å². The number of piperidine rings is 1. The molecule has 4 nitrogen and oxygen atoms in total. The molecule has 6 rings (SSSR count). The molecule has 1 aliphatic carbocycles. The Labute approximate surface area is 213 Å². The van der Waals surface area contributed by atoms with Crippen molar-refractivity contribution in [1.29, 1.82) is 0 Å². The first-order chi connectivity index (χ1) is 17.6. The van der Waals surface area contributed by atoms with Gasteiger partial charge in [-0.3, -0.25) is 9.78 Å². The predicted octanol–water partition coefficient (Wildman–Crippen LogP) is 5.82. The van der Waals surface area contributed by atoms with Crippen LogP contribution in [0.1, 0.15) is 54.7 Å². The summed E-state index contributed by atoms with van der Waals surface area (Å²) >= 11 is 0. The van der Waals surface area contributed by atoms with Crippen LogP contribution in [0.2, 0.25) is 0 Å². The Bertz CT molecular complexity index is 1200. The van der Waals surface area contributed by atoms with Crippen molar-refractivity contribution in [2.45, 2.75) is 57.0 Å². The molecule has 3 aromatic rings. The Kier molecular flexibility index (Phi) is 6.58. The van der Waals surface area contributed by atoms with E-state index in [0.717, 1.165) is 69.4 Å². The first-order valence-electron chi connectivity index (χ1n) is 13.5. The van der Waals surface area contributed by atoms with Gasteiger partial charge in [-0.05, 0) is 105 Å². The number of nitrogens with zero attached hydrogens (tertiary/aromatic N) is 3. The second-order valence-corrected chi connectivity index (χ2v) is 10.7. The van der Waals surface area contributed by atoms with Crippen LogP contribution in [-0.2, 0) is 17.8 Å². The molecule has 186 valence electrons. The van der Waals surface area contributed by atoms with E-state index in [1.54, 1.807) is 12.1 Å². The predicted molar refractivity (Wildman–Crippen MR) is 140 cm³/mol. The fourth-order valence-electron chi connectivity index (χ4n) is 6.54. The first-order valence-corrected chi connectivity index (χ1v) is 13.5. The molecule has 1 amide bonds. The van der Waals surface area contributed by atoms with E-state index in [-0.39, 0.29) is 11.7 Å². The van der Waals surface area contributed by atoms with Gasteiger partial charge in [0.1, 0.15) is 5.82 Å². The number of halogens is 1. The van der Waals surface area contributed by atoms with Crippen LogP contribution in [0.15, 0.2) is 66.9 Å². The van der Waals surface area contributed by atoms with Crippen LogP contribution in [0.5, 0.6) is 0 Å². The molecular formula is C31H34FN3O. The van der Waals surface area contributed by atoms with Crippen molar-refractivity contribution in [3.63, 3.8) is 0 Å². The minimum atomic E-state index is -0.163. The molecule has 2 fully saturated rings. The topological polar surface area (TPSA) is 36.4 Å². The van der Waals surface area contributed by atoms with Gasteiger partial charge >= 0.3 is 0 Å². The van der Waals surface area contributed by atoms with Gasteiger partial charge in [0.15, 0.2) is 0 Å². The van der Waals surface area contributed by atoms with Gasteiger partial charge in [0.05, 0.1) is 5.69 Å². The van der Waals surface area contributed by atoms with Crippen molar-refractivity contribution in [3.8, 4) is 11.3 Å². The lowest BCUT2D eigenvalue weighted by Crippen LogP contribution is -2.41. The molecule has 1 unspecified atom stereocenters. The number of pyridine rings is 1. The van der Waals surface area contributed by atoms with Gasteiger partial charge in [-0.15, -0.1) is 0 Å². The van der Waals surface area contributed by atoms with E-state index in [2.05, 4.69) is 33.0 Å². The number of carbonyl (C=O) groups excluding carboxylic acids is 1. The summed E-state index contributed by atoms with van der Waals surface area (Å²) in [6.45, 7) is 3.67. The highest BCUT2D eigenvalue weighted by Gasteiger charge is 2.37. The highest BCUT2D eigenvalue weighted by atomic mass is 19.1. The number of rotatable bonds is 4. The lowest BCUT2D eigenvalue weighted by molar-refractivity contribution is -0.136. The number of hydrogen-bond acceptors (Lipinski definition) is 3. The molecule has 36 heavy (non-hydrogen) atoms. The summed E-state index contributed by atoms with van der Waals surface area (Å²) in [5.74, 6) is 0.840. The molecule has 5 heteroatoms. The van der Waals surface area contributed by atoms with Crippen molar-refractivity contribution in [3.05, 3.63) is 89.4 Å². The zero-order valence-corrected chi connectivity index (χ0v) is 20.8. The van der Waals surface area contributed by atoms with Crippen LogP contribution >= 0.6 is 0 Å². The molecule has 0 N–H and O–H groups in total. The van der Waals surface area contributed by atoms with E-state index in [1.807, 2.05) is 36.5 Å². The van der Waals surface area contributed by atoms with Crippen LogP contribution in [-0.4, -0.2) is 46.4 Å². The molecule has 1 saturated carbocycles. The maximum absolute atomic E-state index is 13.5. The molecule has 0 spiro atoms. The maximum atomic E-state index is 13.5. The second-order valence-electron chi connectivity index (χ2n) is 10.7. The average Bonchev–Trinajstić information content (AvgIpc) is 3.43. The number of aromatic nitrogens is 1. The summed E-state index contributed by atoms with van der Waals surface area (Å²) in [5.41, 5.74) is 5.97. The SMILES string of the molecule is O=C([C@H]1CCC(N2CCC(c3ccc(F)cc3)CC2)C1)N1CCc2ccc(-c3ccccn3)cc2C1. The van der Waals surface area contributed by atoms with Gasteiger partial charge in [-0.2, -0.15) is 0 Å². The summed E-state index contributed by atoms with van der Waals surface area (Å²) < 4.78 is 13.3. The van der Waals surface area contributed by atoms with Crippen LogP contribution in [0.3, 0.4) is 0 Å². The standard InChI is InChI=1S/C31H34FN3O/c32-28-9-6-22(7-10-28)24-12-16-34(17-13-24)29-11-8-26(20-29)31(36)35-18-14-23-4-5-25(19-27(23)21-35)30-3-1-2-15-33-30/h1-7,9-10,15,19,24,26,29H,8,11-14,16-18,20-21H2/t26-,29?/m0/s1. The number of amides is 1. The third-order valence-electron chi connectivity index (χ3n) is 8.63. The number of hydrogen-bond donors (Lipinski definition) is 0. The largest absolute Gasteiger partial charge is 0.338 e. The van der Waals surface area contributed by atoms with E-state index in [9.17, 15) is 9.18 Å². The van der Waals surface area contributed by atoms with Crippen molar-refractivity contribution < 1.29 is 9.18 Å². The second kappa shape index (κ2) is 10.1. The maximum Gasteiger partial charge on any atom is 0.226 e. The molecule has 0 bridgehead atoms. The highest BCUT2D eigenvalue weighted by Crippen LogP contribution is 2.36. The van der Waals surface area contributed by atoms with Crippen LogP contribution in [0, 0.1) is 11.7 Å². The van der Waals surface area contributed by atoms with Crippen molar-refractivity contribution in [2.24, 2.45) is 5.92 Å². The van der Waals surface area contributed by atoms with Crippen LogP contribution in [0.25, 0.3) is 11.3 Å². The minimum Gasteiger partial charge on any atom is -0.338 e. The number of likely N-dealkylation sites (tertiary alicyclic amines) is 1. The van der Waals surface area contributed by atoms with E-state index in [1.165, 1.54) is 16.7 Å². The van der Waals surface area contributed by atoms with Crippen molar-refractivity contribution >= 4 is 5.91 Å². The lowest BCUT2D eigenvalue weighted by atomic mass is 9.88. The summed E-state index contributed by atoms with van der Waals surface area (Å²) in [5, 5.41) is 0. The smallest absolute Gasteiger partial charge is 0.226 e. The van der Waals surface area contributed by atoms with Gasteiger partial charge in [0, 0.05) is 36.8 Å². The Balaban J connectivity index is 1.05. The van der Waals surface area contributed by atoms with Gasteiger partial charge in [-0.1, -0.05) is 30.3 Å². The third kappa shape index (κ3) is 4.81. The van der Waals surface area contributed by atoms with E-state index in [0.29, 0.717) is 24.4 Å². The number of fused-ring (bicyclic) bond motifs is 1. The van der Waals surface area contributed by atoms with Gasteiger partial charge in [0.25, 0.3) is 0 Å². The summed E-state index contributed by atoms with van der Waals surface area (Å²) in [6.07, 6.45) is 8.08. The first kappa shape index (κ1) is 23.4. The Hall–Kier alpha value is -3.05. The zero-order chi connectivity index (χ0) is 24.5. The molecule has 1 saturated heterocycles. The molecular weight excluding hydrogens is 449 g/mol. The molecule has 1 aromatic heterocycles. The molecule has 3 aliphatic rings. The third-order valence-corrected chi connectivity index (χ3v) is 8.63. The zero-order valence-electron chi connectivity index (χ0n) is 20.8. The van der Waals surface area contributed by atoms with Crippen molar-refractivity contribution in [2.75, 3.05) is 19.6 Å². The fourth-order valence-corrected chi connectivity index (χ4v) is 6.54. The van der Waals surface area contributed by atoms with Crippen LogP contribution in [0.4, 0.5) is 4.39 Å². The van der Waals surface area contributed by atoms with E-state index in [4.69, 9.17) is 0 Å². The molecule has 2 atom stereocenters. The molecule has 2 aliphatic heterocycles. The Morgan fingerprint density at radius 3 is 2.50 bits per heavy atom. The van der Waals surface area contributed by atoms with Crippen LogP contribution < -0.4 is 0 Å². The normalized spacial score (nSPS) is 23.0. The lowest BCUT2D eigenvalue weighted by Gasteiger charge is -2.36. The monoisotopic (exact) mass is 483 g/mol. The van der Waals surface area contributed by atoms with Crippen molar-refractivity contribution in [1.82, 2.24) is 14.8 Å². The fraction of sp³-hybridized carbons (Fsp3) is 0.419. The quantitative estimate of drug-likeness (QED) is 0.469. The summed E-state index contributed by atoms with van der Waals surface area (Å²) in [4.78, 5) is 22.7. The molecule has 0 radical (unpaired) electrons.